The highest BCUT2D eigenvalue weighted by atomic mass is 32.2. The smallest absolute Gasteiger partial charge is 0.273 e. The Morgan fingerprint density at radius 2 is 1.88 bits per heavy atom. The van der Waals surface area contributed by atoms with Crippen molar-refractivity contribution in [3.8, 4) is 0 Å². The molecule has 8 nitrogen and oxygen atoms in total. The molecule has 130 valence electrons. The number of hydrogen-bond donors (Lipinski definition) is 1. The maximum absolute atomic E-state index is 12.8. The Hall–Kier alpha value is -1.78. The van der Waals surface area contributed by atoms with E-state index in [-0.39, 0.29) is 23.9 Å². The van der Waals surface area contributed by atoms with Gasteiger partial charge in [0.2, 0.25) is 10.0 Å². The zero-order valence-corrected chi connectivity index (χ0v) is 15.4. The number of aryl methyl sites for hydroxylation is 3. The Morgan fingerprint density at radius 1 is 1.21 bits per heavy atom. The quantitative estimate of drug-likeness (QED) is 0.868. The van der Waals surface area contributed by atoms with Gasteiger partial charge in [-0.3, -0.25) is 9.89 Å². The summed E-state index contributed by atoms with van der Waals surface area (Å²) < 4.78 is 27.0. The van der Waals surface area contributed by atoms with E-state index < -0.39 is 10.0 Å². The zero-order chi connectivity index (χ0) is 17.5. The average molecular weight is 369 g/mol. The molecule has 24 heavy (non-hydrogen) atoms. The van der Waals surface area contributed by atoms with Gasteiger partial charge in [-0.1, -0.05) is 0 Å². The molecule has 0 spiro atoms. The third kappa shape index (κ3) is 2.96. The van der Waals surface area contributed by atoms with E-state index in [9.17, 15) is 13.2 Å². The maximum atomic E-state index is 12.8. The molecule has 1 aliphatic rings. The molecule has 1 N–H and O–H groups in total. The zero-order valence-electron chi connectivity index (χ0n) is 13.7. The molecular formula is C14H19N5O3S2. The third-order valence-electron chi connectivity index (χ3n) is 4.02. The monoisotopic (exact) mass is 369 g/mol. The molecule has 0 saturated carbocycles. The summed E-state index contributed by atoms with van der Waals surface area (Å²) in [5.41, 5.74) is 1.42. The molecule has 3 rings (SSSR count). The van der Waals surface area contributed by atoms with Crippen molar-refractivity contribution < 1.29 is 13.2 Å². The lowest BCUT2D eigenvalue weighted by Gasteiger charge is -2.33. The molecule has 0 aromatic carbocycles. The van der Waals surface area contributed by atoms with Crippen LogP contribution in [0, 0.1) is 20.8 Å². The van der Waals surface area contributed by atoms with Crippen LogP contribution in [0.5, 0.6) is 0 Å². The number of aromatic amines is 1. The number of rotatable bonds is 3. The van der Waals surface area contributed by atoms with Gasteiger partial charge in [-0.2, -0.15) is 9.40 Å². The van der Waals surface area contributed by atoms with Crippen LogP contribution in [0.25, 0.3) is 0 Å². The minimum absolute atomic E-state index is 0.146. The number of hydrogen-bond acceptors (Lipinski definition) is 6. The normalized spacial score (nSPS) is 16.5. The van der Waals surface area contributed by atoms with Crippen LogP contribution in [0.4, 0.5) is 0 Å². The summed E-state index contributed by atoms with van der Waals surface area (Å²) in [4.78, 5) is 18.5. The van der Waals surface area contributed by atoms with E-state index in [0.29, 0.717) is 30.2 Å². The van der Waals surface area contributed by atoms with E-state index in [0.717, 1.165) is 5.01 Å². The van der Waals surface area contributed by atoms with Crippen LogP contribution in [-0.4, -0.2) is 64.9 Å². The second-order valence-corrected chi connectivity index (χ2v) is 8.65. The van der Waals surface area contributed by atoms with Crippen molar-refractivity contribution in [2.24, 2.45) is 0 Å². The van der Waals surface area contributed by atoms with Gasteiger partial charge in [0.1, 0.15) is 10.6 Å². The maximum Gasteiger partial charge on any atom is 0.273 e. The lowest BCUT2D eigenvalue weighted by molar-refractivity contribution is 0.0692. The van der Waals surface area contributed by atoms with Crippen molar-refractivity contribution in [1.82, 2.24) is 24.4 Å². The molecule has 1 aliphatic heterocycles. The first-order chi connectivity index (χ1) is 11.3. The molecule has 10 heteroatoms. The van der Waals surface area contributed by atoms with Crippen LogP contribution in [0.3, 0.4) is 0 Å². The number of nitrogens with zero attached hydrogens (tertiary/aromatic N) is 4. The van der Waals surface area contributed by atoms with E-state index in [4.69, 9.17) is 0 Å². The molecule has 1 amide bonds. The van der Waals surface area contributed by atoms with Crippen molar-refractivity contribution in [1.29, 1.82) is 0 Å². The number of carbonyl (C=O) groups is 1. The number of carbonyl (C=O) groups excluding carboxylic acids is 1. The summed E-state index contributed by atoms with van der Waals surface area (Å²) in [5, 5.41) is 9.24. The second kappa shape index (κ2) is 6.26. The van der Waals surface area contributed by atoms with Gasteiger partial charge in [0.15, 0.2) is 0 Å². The van der Waals surface area contributed by atoms with Gasteiger partial charge in [-0.05, 0) is 20.8 Å². The largest absolute Gasteiger partial charge is 0.335 e. The Morgan fingerprint density at radius 3 is 2.38 bits per heavy atom. The number of piperazine rings is 1. The predicted octanol–water partition coefficient (Wildman–Crippen LogP) is 0.938. The van der Waals surface area contributed by atoms with Gasteiger partial charge in [-0.25, -0.2) is 13.4 Å². The van der Waals surface area contributed by atoms with E-state index in [1.54, 1.807) is 24.1 Å². The third-order valence-corrected chi connectivity index (χ3v) is 6.96. The van der Waals surface area contributed by atoms with Gasteiger partial charge in [0.05, 0.1) is 16.4 Å². The van der Waals surface area contributed by atoms with Crippen molar-refractivity contribution >= 4 is 27.3 Å². The molecule has 2 aromatic heterocycles. The first-order valence-electron chi connectivity index (χ1n) is 7.54. The van der Waals surface area contributed by atoms with E-state index >= 15 is 0 Å². The highest BCUT2D eigenvalue weighted by Crippen LogP contribution is 2.23. The summed E-state index contributed by atoms with van der Waals surface area (Å²) in [6.07, 6.45) is 0. The number of aromatic nitrogens is 3. The number of thiazole rings is 1. The SMILES string of the molecule is Cc1nc(C(=O)N2CCN(S(=O)(=O)c3c(C)n[nH]c3C)CC2)cs1. The van der Waals surface area contributed by atoms with Gasteiger partial charge >= 0.3 is 0 Å². The molecule has 0 bridgehead atoms. The van der Waals surface area contributed by atoms with Crippen LogP contribution in [0.15, 0.2) is 10.3 Å². The van der Waals surface area contributed by atoms with Crippen LogP contribution in [-0.2, 0) is 10.0 Å². The Balaban J connectivity index is 1.72. The fraction of sp³-hybridized carbons (Fsp3) is 0.500. The minimum Gasteiger partial charge on any atom is -0.335 e. The van der Waals surface area contributed by atoms with Crippen LogP contribution in [0.1, 0.15) is 26.9 Å². The topological polar surface area (TPSA) is 99.3 Å². The molecule has 3 heterocycles. The van der Waals surface area contributed by atoms with Crippen molar-refractivity contribution in [3.63, 3.8) is 0 Å². The number of nitrogens with one attached hydrogen (secondary N) is 1. The highest BCUT2D eigenvalue weighted by Gasteiger charge is 2.33. The first kappa shape index (κ1) is 17.1. The summed E-state index contributed by atoms with van der Waals surface area (Å²) in [5.74, 6) is -0.146. The fourth-order valence-corrected chi connectivity index (χ4v) is 5.15. The van der Waals surface area contributed by atoms with Crippen LogP contribution in [0.2, 0.25) is 0 Å². The predicted molar refractivity (Wildman–Crippen MR) is 89.6 cm³/mol. The van der Waals surface area contributed by atoms with Crippen molar-refractivity contribution in [2.45, 2.75) is 25.7 Å². The molecule has 1 saturated heterocycles. The molecule has 2 aromatic rings. The fourth-order valence-electron chi connectivity index (χ4n) is 2.81. The van der Waals surface area contributed by atoms with Gasteiger partial charge in [0.25, 0.3) is 5.91 Å². The summed E-state index contributed by atoms with van der Waals surface area (Å²) in [6, 6.07) is 0. The number of H-pyrrole nitrogens is 1. The van der Waals surface area contributed by atoms with Gasteiger partial charge < -0.3 is 4.90 Å². The number of sulfonamides is 1. The standard InChI is InChI=1S/C14H19N5O3S2/c1-9-13(10(2)17-16-9)24(21,22)19-6-4-18(5-7-19)14(20)12-8-23-11(3)15-12/h8H,4-7H2,1-3H3,(H,16,17). The lowest BCUT2D eigenvalue weighted by atomic mass is 10.3. The van der Waals surface area contributed by atoms with Crippen molar-refractivity contribution in [3.05, 3.63) is 27.5 Å². The Kier molecular flexibility index (Phi) is 4.45. The average Bonchev–Trinajstić information content (AvgIpc) is 3.12. The van der Waals surface area contributed by atoms with E-state index in [2.05, 4.69) is 15.2 Å². The number of amides is 1. The summed E-state index contributed by atoms with van der Waals surface area (Å²) in [6.45, 7) is 6.44. The molecule has 0 unspecified atom stereocenters. The summed E-state index contributed by atoms with van der Waals surface area (Å²) in [7, 11) is -3.60. The van der Waals surface area contributed by atoms with Crippen LogP contribution < -0.4 is 0 Å². The van der Waals surface area contributed by atoms with E-state index in [1.807, 2.05) is 6.92 Å². The van der Waals surface area contributed by atoms with E-state index in [1.165, 1.54) is 15.6 Å². The minimum atomic E-state index is -3.60. The van der Waals surface area contributed by atoms with Crippen molar-refractivity contribution in [2.75, 3.05) is 26.2 Å². The molecule has 0 radical (unpaired) electrons. The molecular weight excluding hydrogens is 350 g/mol. The Labute approximate surface area is 144 Å². The Bertz CT molecular complexity index is 843. The first-order valence-corrected chi connectivity index (χ1v) is 9.86. The van der Waals surface area contributed by atoms with Gasteiger partial charge in [0, 0.05) is 31.6 Å². The summed E-state index contributed by atoms with van der Waals surface area (Å²) >= 11 is 1.43. The second-order valence-electron chi connectivity index (χ2n) is 5.71. The molecule has 0 aliphatic carbocycles. The lowest BCUT2D eigenvalue weighted by Crippen LogP contribution is -2.50. The highest BCUT2D eigenvalue weighted by molar-refractivity contribution is 7.89. The van der Waals surface area contributed by atoms with Gasteiger partial charge in [-0.15, -0.1) is 11.3 Å². The molecule has 0 atom stereocenters. The molecule has 1 fully saturated rings. The van der Waals surface area contributed by atoms with Crippen LogP contribution >= 0.6 is 11.3 Å².